The Morgan fingerprint density at radius 2 is 1.32 bits per heavy atom. The van der Waals surface area contributed by atoms with E-state index in [9.17, 15) is 8.42 Å². The Labute approximate surface area is 199 Å². The zero-order valence-corrected chi connectivity index (χ0v) is 20.9. The van der Waals surface area contributed by atoms with Crippen molar-refractivity contribution in [3.8, 4) is 23.0 Å². The molecule has 0 aromatic heterocycles. The Bertz CT molecular complexity index is 1390. The molecule has 3 aromatic carbocycles. The summed E-state index contributed by atoms with van der Waals surface area (Å²) in [5.74, 6) is 2.47. The molecule has 1 fully saturated rings. The monoisotopic (exact) mass is 486 g/mol. The molecule has 8 nitrogen and oxygen atoms in total. The van der Waals surface area contributed by atoms with Crippen LogP contribution in [0.5, 0.6) is 23.0 Å². The summed E-state index contributed by atoms with van der Waals surface area (Å²) in [6.45, 7) is 1.67. The highest BCUT2D eigenvalue weighted by molar-refractivity contribution is 7.88. The summed E-state index contributed by atoms with van der Waals surface area (Å²) < 4.78 is 50.4. The van der Waals surface area contributed by atoms with Crippen molar-refractivity contribution >= 4 is 31.6 Å². The molecule has 0 amide bonds. The summed E-state index contributed by atoms with van der Waals surface area (Å²) in [4.78, 5) is 2.38. The lowest BCUT2D eigenvalue weighted by molar-refractivity contribution is 0.192. The highest BCUT2D eigenvalue weighted by atomic mass is 32.2. The van der Waals surface area contributed by atoms with Gasteiger partial charge >= 0.3 is 0 Å². The van der Waals surface area contributed by atoms with Crippen LogP contribution < -0.4 is 23.7 Å². The van der Waals surface area contributed by atoms with Gasteiger partial charge in [-0.15, -0.1) is 0 Å². The largest absolute Gasteiger partial charge is 0.493 e. The van der Waals surface area contributed by atoms with Crippen LogP contribution in [0.2, 0.25) is 0 Å². The van der Waals surface area contributed by atoms with Crippen LogP contribution in [0, 0.1) is 0 Å². The molecule has 1 N–H and O–H groups in total. The smallest absolute Gasteiger partial charge is 0.209 e. The van der Waals surface area contributed by atoms with Crippen molar-refractivity contribution in [3.05, 3.63) is 35.4 Å². The molecule has 0 spiro atoms. The van der Waals surface area contributed by atoms with Crippen molar-refractivity contribution in [1.82, 2.24) is 9.62 Å². The summed E-state index contributed by atoms with van der Waals surface area (Å²) in [5.41, 5.74) is 2.08. The fourth-order valence-corrected chi connectivity index (χ4v) is 6.43. The lowest BCUT2D eigenvalue weighted by Crippen LogP contribution is -2.46. The summed E-state index contributed by atoms with van der Waals surface area (Å²) in [6.07, 6.45) is 3.19. The summed E-state index contributed by atoms with van der Waals surface area (Å²) in [5, 5.41) is 3.89. The highest BCUT2D eigenvalue weighted by Crippen LogP contribution is 2.49. The summed E-state index contributed by atoms with van der Waals surface area (Å²) in [7, 11) is 3.00. The van der Waals surface area contributed by atoms with Crippen LogP contribution in [0.15, 0.2) is 24.3 Å². The molecule has 0 aliphatic carbocycles. The molecule has 2 heterocycles. The van der Waals surface area contributed by atoms with Gasteiger partial charge in [0.1, 0.15) is 0 Å². The van der Waals surface area contributed by atoms with Gasteiger partial charge in [-0.1, -0.05) is 0 Å². The first-order valence-corrected chi connectivity index (χ1v) is 13.2. The molecule has 3 aromatic rings. The van der Waals surface area contributed by atoms with Crippen LogP contribution in [-0.2, 0) is 16.6 Å². The Hall–Kier alpha value is -2.75. The Kier molecular flexibility index (Phi) is 5.74. The lowest BCUT2D eigenvalue weighted by Gasteiger charge is -2.40. The Balaban J connectivity index is 1.95. The van der Waals surface area contributed by atoms with Crippen LogP contribution in [-0.4, -0.2) is 60.6 Å². The molecule has 182 valence electrons. The molecule has 34 heavy (non-hydrogen) atoms. The van der Waals surface area contributed by atoms with Gasteiger partial charge < -0.3 is 18.9 Å². The SMILES string of the molecule is COc1cc2c3c(c4cc(OC)c(OC)cc4c2cc1OC)[C@H](NS(C)(=O)=O)[C@@H]1CCCN1C3. The maximum atomic E-state index is 12.5. The highest BCUT2D eigenvalue weighted by Gasteiger charge is 2.41. The van der Waals surface area contributed by atoms with Crippen LogP contribution in [0.25, 0.3) is 21.5 Å². The van der Waals surface area contributed by atoms with E-state index in [1.807, 2.05) is 24.3 Å². The number of methoxy groups -OCH3 is 4. The quantitative estimate of drug-likeness (QED) is 0.533. The first kappa shape index (κ1) is 23.0. The predicted octanol–water partition coefficient (Wildman–Crippen LogP) is 3.60. The third kappa shape index (κ3) is 3.62. The van der Waals surface area contributed by atoms with Gasteiger partial charge in [0.25, 0.3) is 0 Å². The Morgan fingerprint density at radius 1 is 0.824 bits per heavy atom. The van der Waals surface area contributed by atoms with Crippen molar-refractivity contribution < 1.29 is 27.4 Å². The molecule has 0 unspecified atom stereocenters. The van der Waals surface area contributed by atoms with E-state index < -0.39 is 10.0 Å². The van der Waals surface area contributed by atoms with E-state index in [2.05, 4.69) is 9.62 Å². The van der Waals surface area contributed by atoms with E-state index in [1.165, 1.54) is 6.26 Å². The molecule has 2 aliphatic heterocycles. The van der Waals surface area contributed by atoms with Gasteiger partial charge in [0.15, 0.2) is 23.0 Å². The topological polar surface area (TPSA) is 86.3 Å². The Morgan fingerprint density at radius 3 is 1.85 bits per heavy atom. The number of nitrogens with zero attached hydrogens (tertiary/aromatic N) is 1. The average molecular weight is 487 g/mol. The fraction of sp³-hybridized carbons (Fsp3) is 0.440. The summed E-state index contributed by atoms with van der Waals surface area (Å²) >= 11 is 0. The molecule has 0 bridgehead atoms. The molecule has 1 saturated heterocycles. The zero-order valence-electron chi connectivity index (χ0n) is 20.1. The van der Waals surface area contributed by atoms with Crippen molar-refractivity contribution in [2.24, 2.45) is 0 Å². The lowest BCUT2D eigenvalue weighted by atomic mass is 9.82. The number of ether oxygens (including phenoxy) is 4. The number of hydrogen-bond donors (Lipinski definition) is 1. The van der Waals surface area contributed by atoms with Crippen molar-refractivity contribution in [1.29, 1.82) is 0 Å². The van der Waals surface area contributed by atoms with Crippen LogP contribution in [0.1, 0.15) is 30.0 Å². The molecule has 9 heteroatoms. The molecular formula is C25H30N2O6S. The number of hydrogen-bond acceptors (Lipinski definition) is 7. The normalized spacial score (nSPS) is 20.3. The third-order valence-corrected chi connectivity index (χ3v) is 7.77. The minimum Gasteiger partial charge on any atom is -0.493 e. The average Bonchev–Trinajstić information content (AvgIpc) is 3.30. The number of benzene rings is 3. The van der Waals surface area contributed by atoms with Gasteiger partial charge in [0.05, 0.1) is 40.7 Å². The maximum absolute atomic E-state index is 12.5. The van der Waals surface area contributed by atoms with Crippen molar-refractivity contribution in [3.63, 3.8) is 0 Å². The van der Waals surface area contributed by atoms with E-state index in [1.54, 1.807) is 28.4 Å². The zero-order chi connectivity index (χ0) is 24.2. The van der Waals surface area contributed by atoms with E-state index in [-0.39, 0.29) is 12.1 Å². The van der Waals surface area contributed by atoms with Crippen molar-refractivity contribution in [2.75, 3.05) is 41.2 Å². The van der Waals surface area contributed by atoms with E-state index in [0.29, 0.717) is 23.0 Å². The molecule has 2 atom stereocenters. The molecule has 5 rings (SSSR count). The van der Waals surface area contributed by atoms with Crippen LogP contribution in [0.3, 0.4) is 0 Å². The van der Waals surface area contributed by atoms with Gasteiger partial charge in [-0.25, -0.2) is 13.1 Å². The summed E-state index contributed by atoms with van der Waals surface area (Å²) in [6, 6.07) is 7.62. The second kappa shape index (κ2) is 8.48. The second-order valence-corrected chi connectivity index (χ2v) is 10.7. The van der Waals surface area contributed by atoms with Gasteiger partial charge in [-0.3, -0.25) is 4.90 Å². The standard InChI is InChI=1S/C25H30N2O6S/c1-30-20-9-14-15-10-21(31-2)23(33-4)12-17(15)24-18(16(14)11-22(20)32-3)13-27-8-6-7-19(27)25(24)26-34(5,28)29/h9-12,19,25-26H,6-8,13H2,1-5H3/t19-,25+/m0/s1. The number of nitrogens with one attached hydrogen (secondary N) is 1. The number of rotatable bonds is 6. The second-order valence-electron chi connectivity index (χ2n) is 8.95. The van der Waals surface area contributed by atoms with Crippen LogP contribution >= 0.6 is 0 Å². The van der Waals surface area contributed by atoms with E-state index >= 15 is 0 Å². The predicted molar refractivity (Wildman–Crippen MR) is 132 cm³/mol. The molecule has 0 radical (unpaired) electrons. The maximum Gasteiger partial charge on any atom is 0.209 e. The number of sulfonamides is 1. The van der Waals surface area contributed by atoms with E-state index in [4.69, 9.17) is 18.9 Å². The van der Waals surface area contributed by atoms with Gasteiger partial charge in [-0.2, -0.15) is 0 Å². The van der Waals surface area contributed by atoms with Crippen LogP contribution in [0.4, 0.5) is 0 Å². The first-order chi connectivity index (χ1) is 16.3. The minimum absolute atomic E-state index is 0.0936. The van der Waals surface area contributed by atoms with E-state index in [0.717, 1.165) is 58.6 Å². The van der Waals surface area contributed by atoms with Gasteiger partial charge in [0, 0.05) is 12.6 Å². The van der Waals surface area contributed by atoms with Gasteiger partial charge in [-0.05, 0) is 76.3 Å². The molecule has 2 aliphatic rings. The molecular weight excluding hydrogens is 456 g/mol. The first-order valence-electron chi connectivity index (χ1n) is 11.3. The minimum atomic E-state index is -3.46. The van der Waals surface area contributed by atoms with Crippen molar-refractivity contribution in [2.45, 2.75) is 31.5 Å². The molecule has 0 saturated carbocycles. The van der Waals surface area contributed by atoms with Gasteiger partial charge in [0.2, 0.25) is 10.0 Å². The number of fused-ring (bicyclic) bond motifs is 7. The fourth-order valence-electron chi connectivity index (χ4n) is 5.70. The third-order valence-electron chi connectivity index (χ3n) is 7.09.